The molecule has 0 fully saturated rings. The normalized spacial score (nSPS) is 11.8. The summed E-state index contributed by atoms with van der Waals surface area (Å²) in [6, 6.07) is 3.53. The molecule has 2 N–H and O–H groups in total. The van der Waals surface area contributed by atoms with Gasteiger partial charge in [0.25, 0.3) is 0 Å². The van der Waals surface area contributed by atoms with Crippen LogP contribution in [-0.2, 0) is 6.54 Å². The molecule has 108 valence electrons. The zero-order valence-corrected chi connectivity index (χ0v) is 13.2. The Bertz CT molecular complexity index is 401. The van der Waals surface area contributed by atoms with Crippen LogP contribution in [-0.4, -0.2) is 17.8 Å². The summed E-state index contributed by atoms with van der Waals surface area (Å²) in [6.07, 6.45) is -4.17. The molecular weight excluding hydrogens is 391 g/mol. The number of aromatic hydroxyl groups is 1. The van der Waals surface area contributed by atoms with Gasteiger partial charge < -0.3 is 10.4 Å². The molecule has 0 saturated heterocycles. The topological polar surface area (TPSA) is 32.3 Å². The Hall–Kier alpha value is -0.270. The van der Waals surface area contributed by atoms with Gasteiger partial charge in [0.05, 0.1) is 8.95 Å². The quantitative estimate of drug-likeness (QED) is 0.671. The Labute approximate surface area is 126 Å². The van der Waals surface area contributed by atoms with Crippen molar-refractivity contribution in [2.24, 2.45) is 0 Å². The van der Waals surface area contributed by atoms with Crippen LogP contribution in [0, 0.1) is 0 Å². The lowest BCUT2D eigenvalue weighted by Gasteiger charge is -2.08. The number of nitrogens with one attached hydrogen (secondary N) is 1. The fraction of sp³-hybridized carbons (Fsp3) is 0.500. The van der Waals surface area contributed by atoms with E-state index in [1.807, 2.05) is 0 Å². The van der Waals surface area contributed by atoms with Crippen molar-refractivity contribution in [2.75, 3.05) is 6.54 Å². The molecule has 0 unspecified atom stereocenters. The minimum absolute atomic E-state index is 0.133. The van der Waals surface area contributed by atoms with Gasteiger partial charge in [-0.3, -0.25) is 0 Å². The highest BCUT2D eigenvalue weighted by Gasteiger charge is 2.25. The zero-order valence-electron chi connectivity index (χ0n) is 10.0. The first-order valence-corrected chi connectivity index (χ1v) is 7.32. The summed E-state index contributed by atoms with van der Waals surface area (Å²) < 4.78 is 36.9. The molecule has 0 aliphatic carbocycles. The lowest BCUT2D eigenvalue weighted by molar-refractivity contribution is -0.135. The number of alkyl halides is 3. The van der Waals surface area contributed by atoms with Gasteiger partial charge in [-0.05, 0) is 68.9 Å². The van der Waals surface area contributed by atoms with Gasteiger partial charge in [0, 0.05) is 13.0 Å². The van der Waals surface area contributed by atoms with Gasteiger partial charge in [-0.2, -0.15) is 13.2 Å². The van der Waals surface area contributed by atoms with Gasteiger partial charge in [-0.25, -0.2) is 0 Å². The van der Waals surface area contributed by atoms with E-state index in [1.165, 1.54) is 0 Å². The van der Waals surface area contributed by atoms with Crippen LogP contribution in [0.1, 0.15) is 24.8 Å². The van der Waals surface area contributed by atoms with Gasteiger partial charge in [-0.1, -0.05) is 0 Å². The van der Waals surface area contributed by atoms with Crippen molar-refractivity contribution in [1.29, 1.82) is 0 Å². The van der Waals surface area contributed by atoms with E-state index in [-0.39, 0.29) is 12.2 Å². The van der Waals surface area contributed by atoms with Gasteiger partial charge >= 0.3 is 6.18 Å². The van der Waals surface area contributed by atoms with E-state index in [0.717, 1.165) is 5.56 Å². The second-order valence-corrected chi connectivity index (χ2v) is 5.87. The van der Waals surface area contributed by atoms with E-state index in [9.17, 15) is 18.3 Å². The molecule has 0 aliphatic heterocycles. The van der Waals surface area contributed by atoms with Crippen LogP contribution < -0.4 is 5.32 Å². The largest absolute Gasteiger partial charge is 0.506 e. The minimum atomic E-state index is -4.06. The van der Waals surface area contributed by atoms with Gasteiger partial charge in [0.2, 0.25) is 0 Å². The molecule has 19 heavy (non-hydrogen) atoms. The average molecular weight is 405 g/mol. The lowest BCUT2D eigenvalue weighted by Crippen LogP contribution is -2.16. The van der Waals surface area contributed by atoms with Crippen LogP contribution >= 0.6 is 31.9 Å². The van der Waals surface area contributed by atoms with Gasteiger partial charge in [-0.15, -0.1) is 0 Å². The molecule has 0 amide bonds. The van der Waals surface area contributed by atoms with E-state index in [1.54, 1.807) is 12.1 Å². The molecular formula is C12H14Br2F3NO. The minimum Gasteiger partial charge on any atom is -0.506 e. The molecule has 0 saturated carbocycles. The van der Waals surface area contributed by atoms with Crippen LogP contribution in [0.5, 0.6) is 5.75 Å². The Kier molecular flexibility index (Phi) is 6.62. The Morgan fingerprint density at radius 3 is 2.21 bits per heavy atom. The molecule has 0 atom stereocenters. The first kappa shape index (κ1) is 16.8. The maximum Gasteiger partial charge on any atom is 0.389 e. The summed E-state index contributed by atoms with van der Waals surface area (Å²) in [6.45, 7) is 1.08. The van der Waals surface area contributed by atoms with Crippen LogP contribution in [0.2, 0.25) is 0 Å². The van der Waals surface area contributed by atoms with Crippen molar-refractivity contribution in [3.05, 3.63) is 26.6 Å². The van der Waals surface area contributed by atoms with E-state index >= 15 is 0 Å². The summed E-state index contributed by atoms with van der Waals surface area (Å²) >= 11 is 6.44. The van der Waals surface area contributed by atoms with Crippen molar-refractivity contribution < 1.29 is 18.3 Å². The number of rotatable bonds is 6. The fourth-order valence-electron chi connectivity index (χ4n) is 1.53. The van der Waals surface area contributed by atoms with Crippen molar-refractivity contribution in [3.63, 3.8) is 0 Å². The predicted octanol–water partition coefficient (Wildman–Crippen LogP) is 4.74. The molecule has 1 aromatic rings. The maximum absolute atomic E-state index is 11.9. The number of unbranched alkanes of at least 4 members (excludes halogenated alkanes) is 1. The van der Waals surface area contributed by atoms with Crippen LogP contribution in [0.4, 0.5) is 13.2 Å². The third kappa shape index (κ3) is 6.63. The second kappa shape index (κ2) is 7.50. The molecule has 0 bridgehead atoms. The monoisotopic (exact) mass is 403 g/mol. The Morgan fingerprint density at radius 1 is 1.11 bits per heavy atom. The molecule has 0 aromatic heterocycles. The summed E-state index contributed by atoms with van der Waals surface area (Å²) in [5, 5.41) is 12.6. The van der Waals surface area contributed by atoms with Crippen molar-refractivity contribution in [2.45, 2.75) is 32.0 Å². The molecule has 7 heteroatoms. The summed E-state index contributed by atoms with van der Waals surface area (Å²) in [5.41, 5.74) is 0.937. The van der Waals surface area contributed by atoms with Crippen LogP contribution in [0.15, 0.2) is 21.1 Å². The predicted molar refractivity (Wildman–Crippen MR) is 75.1 cm³/mol. The smallest absolute Gasteiger partial charge is 0.389 e. The van der Waals surface area contributed by atoms with E-state index in [4.69, 9.17) is 0 Å². The Morgan fingerprint density at radius 2 is 1.68 bits per heavy atom. The number of phenols is 1. The van der Waals surface area contributed by atoms with E-state index in [2.05, 4.69) is 37.2 Å². The first-order valence-electron chi connectivity index (χ1n) is 5.74. The number of benzene rings is 1. The summed E-state index contributed by atoms with van der Waals surface area (Å²) in [4.78, 5) is 0. The molecule has 1 rings (SSSR count). The molecule has 1 aromatic carbocycles. The average Bonchev–Trinajstić information content (AvgIpc) is 2.29. The fourth-order valence-corrected chi connectivity index (χ4v) is 2.81. The molecule has 0 radical (unpaired) electrons. The zero-order chi connectivity index (χ0) is 14.5. The molecule has 0 aliphatic rings. The number of phenolic OH excluding ortho intramolecular Hbond substituents is 1. The number of hydrogen-bond donors (Lipinski definition) is 2. The molecule has 0 heterocycles. The number of hydrogen-bond acceptors (Lipinski definition) is 2. The SMILES string of the molecule is Oc1c(Br)cc(CNCCCCC(F)(F)F)cc1Br. The van der Waals surface area contributed by atoms with Crippen LogP contribution in [0.3, 0.4) is 0 Å². The summed E-state index contributed by atoms with van der Waals surface area (Å²) in [7, 11) is 0. The maximum atomic E-state index is 11.9. The molecule has 0 spiro atoms. The number of halogens is 5. The third-order valence-electron chi connectivity index (χ3n) is 2.47. The lowest BCUT2D eigenvalue weighted by atomic mass is 10.2. The second-order valence-electron chi connectivity index (χ2n) is 4.16. The van der Waals surface area contributed by atoms with Crippen molar-refractivity contribution in [3.8, 4) is 5.75 Å². The van der Waals surface area contributed by atoms with Crippen molar-refractivity contribution >= 4 is 31.9 Å². The highest BCUT2D eigenvalue weighted by molar-refractivity contribution is 9.11. The third-order valence-corrected chi connectivity index (χ3v) is 3.68. The van der Waals surface area contributed by atoms with E-state index < -0.39 is 12.6 Å². The van der Waals surface area contributed by atoms with Crippen LogP contribution in [0.25, 0.3) is 0 Å². The first-order chi connectivity index (χ1) is 8.79. The van der Waals surface area contributed by atoms with E-state index in [0.29, 0.717) is 28.5 Å². The van der Waals surface area contributed by atoms with Gasteiger partial charge in [0.1, 0.15) is 5.75 Å². The molecule has 2 nitrogen and oxygen atoms in total. The summed E-state index contributed by atoms with van der Waals surface area (Å²) in [5.74, 6) is 0.133. The van der Waals surface area contributed by atoms with Gasteiger partial charge in [0.15, 0.2) is 0 Å². The highest BCUT2D eigenvalue weighted by Crippen LogP contribution is 2.33. The van der Waals surface area contributed by atoms with Crippen molar-refractivity contribution in [1.82, 2.24) is 5.32 Å². The highest BCUT2D eigenvalue weighted by atomic mass is 79.9. The standard InChI is InChI=1S/C12H14Br2F3NO/c13-9-5-8(6-10(14)11(9)19)7-18-4-2-1-3-12(15,16)17/h5-6,18-19H,1-4,7H2. The Balaban J connectivity index is 2.27.